The number of halogens is 1. The lowest BCUT2D eigenvalue weighted by Crippen LogP contribution is -2.34. The van der Waals surface area contributed by atoms with Gasteiger partial charge in [0.25, 0.3) is 0 Å². The van der Waals surface area contributed by atoms with Crippen molar-refractivity contribution < 1.29 is 14.3 Å². The molecule has 0 spiro atoms. The fraction of sp³-hybridized carbons (Fsp3) is 0.650. The summed E-state index contributed by atoms with van der Waals surface area (Å²) in [5, 5.41) is 3.39. The topological polar surface area (TPSA) is 50.8 Å². The first-order valence-corrected chi connectivity index (χ1v) is 9.43. The lowest BCUT2D eigenvalue weighted by Gasteiger charge is -2.24. The molecule has 2 aliphatic heterocycles. The van der Waals surface area contributed by atoms with E-state index in [1.165, 1.54) is 24.0 Å². The van der Waals surface area contributed by atoms with Crippen LogP contribution in [0.25, 0.3) is 0 Å². The van der Waals surface area contributed by atoms with Crippen LogP contribution in [0, 0.1) is 5.92 Å². The Bertz CT molecular complexity index is 568. The van der Waals surface area contributed by atoms with Crippen molar-refractivity contribution in [3.8, 4) is 11.5 Å². The molecule has 0 radical (unpaired) electrons. The number of amides is 1. The fourth-order valence-electron chi connectivity index (χ4n) is 3.96. The predicted molar refractivity (Wildman–Crippen MR) is 106 cm³/mol. The van der Waals surface area contributed by atoms with E-state index in [-0.39, 0.29) is 12.4 Å². The monoisotopic (exact) mass is 382 g/mol. The number of rotatable bonds is 5. The highest BCUT2D eigenvalue weighted by Crippen LogP contribution is 2.32. The summed E-state index contributed by atoms with van der Waals surface area (Å²) in [5.74, 6) is 2.56. The minimum atomic E-state index is 0. The first-order chi connectivity index (χ1) is 12.2. The molecule has 0 aromatic heterocycles. The molecule has 0 unspecified atom stereocenters. The molecule has 1 saturated heterocycles. The van der Waals surface area contributed by atoms with Gasteiger partial charge in [-0.2, -0.15) is 0 Å². The molecule has 146 valence electrons. The van der Waals surface area contributed by atoms with E-state index >= 15 is 0 Å². The van der Waals surface area contributed by atoms with E-state index in [1.54, 1.807) is 14.2 Å². The van der Waals surface area contributed by atoms with Gasteiger partial charge in [-0.1, -0.05) is 0 Å². The largest absolute Gasteiger partial charge is 0.493 e. The number of carbonyl (C=O) groups excluding carboxylic acids is 1. The van der Waals surface area contributed by atoms with Crippen LogP contribution in [0.1, 0.15) is 36.8 Å². The maximum absolute atomic E-state index is 12.7. The van der Waals surface area contributed by atoms with E-state index in [1.807, 2.05) is 4.90 Å². The van der Waals surface area contributed by atoms with Gasteiger partial charge in [0, 0.05) is 19.5 Å². The van der Waals surface area contributed by atoms with Gasteiger partial charge < -0.3 is 19.7 Å². The van der Waals surface area contributed by atoms with Crippen LogP contribution in [0.5, 0.6) is 11.5 Å². The van der Waals surface area contributed by atoms with Gasteiger partial charge >= 0.3 is 0 Å². The maximum Gasteiger partial charge on any atom is 0.222 e. The Kier molecular flexibility index (Phi) is 8.04. The highest BCUT2D eigenvalue weighted by molar-refractivity contribution is 5.85. The second-order valence-electron chi connectivity index (χ2n) is 7.09. The Hall–Kier alpha value is -1.46. The summed E-state index contributed by atoms with van der Waals surface area (Å²) in [6.07, 6.45) is 5.90. The normalized spacial score (nSPS) is 17.7. The highest BCUT2D eigenvalue weighted by atomic mass is 35.5. The maximum atomic E-state index is 12.7. The lowest BCUT2D eigenvalue weighted by atomic mass is 9.93. The van der Waals surface area contributed by atoms with Crippen molar-refractivity contribution in [2.45, 2.75) is 38.5 Å². The number of ether oxygens (including phenoxy) is 2. The highest BCUT2D eigenvalue weighted by Gasteiger charge is 2.22. The second-order valence-corrected chi connectivity index (χ2v) is 7.09. The van der Waals surface area contributed by atoms with Gasteiger partial charge in [-0.05, 0) is 74.4 Å². The van der Waals surface area contributed by atoms with E-state index in [0.29, 0.717) is 18.2 Å². The Morgan fingerprint density at radius 1 is 1.08 bits per heavy atom. The number of fused-ring (bicyclic) bond motifs is 1. The molecule has 1 aromatic rings. The Labute approximate surface area is 162 Å². The number of methoxy groups -OCH3 is 2. The Balaban J connectivity index is 0.00000243. The number of nitrogens with zero attached hydrogens (tertiary/aromatic N) is 1. The second kappa shape index (κ2) is 10.0. The lowest BCUT2D eigenvalue weighted by molar-refractivity contribution is -0.131. The van der Waals surface area contributed by atoms with E-state index in [2.05, 4.69) is 17.4 Å². The van der Waals surface area contributed by atoms with Crippen molar-refractivity contribution in [3.63, 3.8) is 0 Å². The van der Waals surface area contributed by atoms with Gasteiger partial charge in [0.1, 0.15) is 0 Å². The molecule has 2 aliphatic rings. The number of piperidine rings is 1. The first kappa shape index (κ1) is 20.8. The molecule has 1 amide bonds. The molecule has 0 bridgehead atoms. The quantitative estimate of drug-likeness (QED) is 0.850. The Morgan fingerprint density at radius 2 is 1.62 bits per heavy atom. The zero-order chi connectivity index (χ0) is 17.6. The average Bonchev–Trinajstić information content (AvgIpc) is 2.87. The molecule has 1 N–H and O–H groups in total. The van der Waals surface area contributed by atoms with Gasteiger partial charge in [-0.15, -0.1) is 12.4 Å². The van der Waals surface area contributed by atoms with Crippen LogP contribution >= 0.6 is 12.4 Å². The smallest absolute Gasteiger partial charge is 0.222 e. The van der Waals surface area contributed by atoms with Gasteiger partial charge in [0.15, 0.2) is 11.5 Å². The summed E-state index contributed by atoms with van der Waals surface area (Å²) in [5.41, 5.74) is 2.54. The average molecular weight is 383 g/mol. The van der Waals surface area contributed by atoms with E-state index < -0.39 is 0 Å². The van der Waals surface area contributed by atoms with Crippen molar-refractivity contribution >= 4 is 18.3 Å². The summed E-state index contributed by atoms with van der Waals surface area (Å²) in [6, 6.07) is 4.13. The molecule has 2 heterocycles. The molecule has 0 aliphatic carbocycles. The zero-order valence-corrected chi connectivity index (χ0v) is 16.7. The van der Waals surface area contributed by atoms with Crippen molar-refractivity contribution in [2.24, 2.45) is 5.92 Å². The van der Waals surface area contributed by atoms with Crippen molar-refractivity contribution in [3.05, 3.63) is 23.3 Å². The van der Waals surface area contributed by atoms with E-state index in [0.717, 1.165) is 56.9 Å². The third kappa shape index (κ3) is 5.04. The molecule has 1 fully saturated rings. The standard InChI is InChI=1S/C20H30N2O3.ClH/c1-24-18-13-16-7-11-22(12-8-17(16)14-19(18)25-2)20(23)4-3-15-5-9-21-10-6-15;/h13-15,21H,3-12H2,1-2H3;1H. The number of carbonyl (C=O) groups is 1. The molecule has 26 heavy (non-hydrogen) atoms. The zero-order valence-electron chi connectivity index (χ0n) is 15.9. The van der Waals surface area contributed by atoms with Crippen LogP contribution in [0.15, 0.2) is 12.1 Å². The van der Waals surface area contributed by atoms with Crippen LogP contribution in [-0.2, 0) is 17.6 Å². The summed E-state index contributed by atoms with van der Waals surface area (Å²) in [7, 11) is 3.33. The van der Waals surface area contributed by atoms with Gasteiger partial charge in [-0.3, -0.25) is 4.79 Å². The van der Waals surface area contributed by atoms with Crippen LogP contribution in [0.2, 0.25) is 0 Å². The summed E-state index contributed by atoms with van der Waals surface area (Å²) in [6.45, 7) is 3.80. The van der Waals surface area contributed by atoms with Gasteiger partial charge in [0.05, 0.1) is 14.2 Å². The summed E-state index contributed by atoms with van der Waals surface area (Å²) >= 11 is 0. The molecule has 0 saturated carbocycles. The number of benzene rings is 1. The predicted octanol–water partition coefficient (Wildman–Crippen LogP) is 2.83. The molecule has 0 atom stereocenters. The van der Waals surface area contributed by atoms with Crippen LogP contribution < -0.4 is 14.8 Å². The van der Waals surface area contributed by atoms with E-state index in [4.69, 9.17) is 9.47 Å². The molecule has 5 nitrogen and oxygen atoms in total. The minimum absolute atomic E-state index is 0. The molecule has 3 rings (SSSR count). The fourth-order valence-corrected chi connectivity index (χ4v) is 3.96. The van der Waals surface area contributed by atoms with Crippen molar-refractivity contribution in [1.82, 2.24) is 10.2 Å². The molecular weight excluding hydrogens is 352 g/mol. The van der Waals surface area contributed by atoms with Crippen LogP contribution in [0.3, 0.4) is 0 Å². The van der Waals surface area contributed by atoms with Crippen molar-refractivity contribution in [1.29, 1.82) is 0 Å². The molecule has 6 heteroatoms. The van der Waals surface area contributed by atoms with Gasteiger partial charge in [0.2, 0.25) is 5.91 Å². The number of hydrogen-bond donors (Lipinski definition) is 1. The Morgan fingerprint density at radius 3 is 2.12 bits per heavy atom. The van der Waals surface area contributed by atoms with Crippen molar-refractivity contribution in [2.75, 3.05) is 40.4 Å². The van der Waals surface area contributed by atoms with E-state index in [9.17, 15) is 4.79 Å². The van der Waals surface area contributed by atoms with Crippen LogP contribution in [0.4, 0.5) is 0 Å². The molecular formula is C20H31ClN2O3. The van der Waals surface area contributed by atoms with Crippen LogP contribution in [-0.4, -0.2) is 51.2 Å². The minimum Gasteiger partial charge on any atom is -0.493 e. The third-order valence-corrected chi connectivity index (χ3v) is 5.59. The molecule has 1 aromatic carbocycles. The summed E-state index contributed by atoms with van der Waals surface area (Å²) < 4.78 is 10.8. The third-order valence-electron chi connectivity index (χ3n) is 5.59. The number of nitrogens with one attached hydrogen (secondary N) is 1. The number of hydrogen-bond acceptors (Lipinski definition) is 4. The SMILES string of the molecule is COc1cc2c(cc1OC)CCN(C(=O)CCC1CCNCC1)CC2.Cl. The van der Waals surface area contributed by atoms with Gasteiger partial charge in [-0.25, -0.2) is 0 Å². The summed E-state index contributed by atoms with van der Waals surface area (Å²) in [4.78, 5) is 14.7. The first-order valence-electron chi connectivity index (χ1n) is 9.43.